The van der Waals surface area contributed by atoms with Crippen LogP contribution in [0.3, 0.4) is 0 Å². The van der Waals surface area contributed by atoms with Crippen LogP contribution >= 0.6 is 0 Å². The molecule has 106 valence electrons. The van der Waals surface area contributed by atoms with Gasteiger partial charge in [0.1, 0.15) is 5.69 Å². The molecule has 0 saturated heterocycles. The molecule has 0 unspecified atom stereocenters. The minimum absolute atomic E-state index is 0.158. The van der Waals surface area contributed by atoms with Crippen molar-refractivity contribution in [3.63, 3.8) is 0 Å². The molecule has 0 aromatic carbocycles. The van der Waals surface area contributed by atoms with E-state index in [1.165, 1.54) is 0 Å². The molecule has 0 amide bonds. The van der Waals surface area contributed by atoms with Crippen LogP contribution in [0.2, 0.25) is 0 Å². The van der Waals surface area contributed by atoms with Crippen molar-refractivity contribution in [3.05, 3.63) is 48.0 Å². The fourth-order valence-electron chi connectivity index (χ4n) is 1.96. The van der Waals surface area contributed by atoms with Crippen LogP contribution in [-0.2, 0) is 11.2 Å². The summed E-state index contributed by atoms with van der Waals surface area (Å²) in [6.45, 7) is 4.28. The summed E-state index contributed by atoms with van der Waals surface area (Å²) in [5.41, 5.74) is 7.69. The summed E-state index contributed by atoms with van der Waals surface area (Å²) in [6, 6.07) is 7.47. The van der Waals surface area contributed by atoms with E-state index in [1.54, 1.807) is 18.5 Å². The highest BCUT2D eigenvalue weighted by Gasteiger charge is 2.16. The number of hydrogen-bond acceptors (Lipinski definition) is 4. The van der Waals surface area contributed by atoms with Gasteiger partial charge in [-0.15, -0.1) is 0 Å². The van der Waals surface area contributed by atoms with E-state index in [9.17, 15) is 4.79 Å². The summed E-state index contributed by atoms with van der Waals surface area (Å²) in [7, 11) is 0. The monoisotopic (exact) mass is 273 g/mol. The molecule has 0 aliphatic heterocycles. The molecule has 2 aromatic rings. The van der Waals surface area contributed by atoms with Gasteiger partial charge >= 0.3 is 5.97 Å². The maximum Gasteiger partial charge on any atom is 0.355 e. The molecule has 0 aliphatic rings. The van der Waals surface area contributed by atoms with Crippen molar-refractivity contribution in [1.29, 1.82) is 0 Å². The number of aromatic nitrogens is 2. The standard InChI is InChI=1S/C15H19N3O2/c1-11(2)18-10-12(16)9-14(18)15(19)20-8-6-13-5-3-4-7-17-13/h3-5,7,9-11H,6,8,16H2,1-2H3. The Kier molecular flexibility index (Phi) is 4.40. The van der Waals surface area contributed by atoms with E-state index in [-0.39, 0.29) is 12.0 Å². The first-order valence-corrected chi connectivity index (χ1v) is 6.62. The van der Waals surface area contributed by atoms with E-state index < -0.39 is 0 Å². The van der Waals surface area contributed by atoms with Gasteiger partial charge in [0.15, 0.2) is 0 Å². The first-order chi connectivity index (χ1) is 9.58. The molecule has 0 aliphatic carbocycles. The Morgan fingerprint density at radius 2 is 2.25 bits per heavy atom. The van der Waals surface area contributed by atoms with Crippen molar-refractivity contribution in [3.8, 4) is 0 Å². The van der Waals surface area contributed by atoms with Crippen molar-refractivity contribution >= 4 is 11.7 Å². The van der Waals surface area contributed by atoms with Gasteiger partial charge in [0.2, 0.25) is 0 Å². The van der Waals surface area contributed by atoms with Gasteiger partial charge < -0.3 is 15.0 Å². The van der Waals surface area contributed by atoms with Gasteiger partial charge in [0.25, 0.3) is 0 Å². The largest absolute Gasteiger partial charge is 0.461 e. The molecule has 2 heterocycles. The number of nitrogens with zero attached hydrogens (tertiary/aromatic N) is 2. The fourth-order valence-corrected chi connectivity index (χ4v) is 1.96. The molecule has 0 atom stereocenters. The molecular formula is C15H19N3O2. The average molecular weight is 273 g/mol. The van der Waals surface area contributed by atoms with E-state index in [0.717, 1.165) is 5.69 Å². The molecule has 5 heteroatoms. The number of nitrogen functional groups attached to an aromatic ring is 1. The minimum Gasteiger partial charge on any atom is -0.461 e. The van der Waals surface area contributed by atoms with Gasteiger partial charge in [0.05, 0.1) is 12.3 Å². The van der Waals surface area contributed by atoms with Gasteiger partial charge in [-0.05, 0) is 32.0 Å². The topological polar surface area (TPSA) is 70.1 Å². The second-order valence-corrected chi connectivity index (χ2v) is 4.87. The van der Waals surface area contributed by atoms with Crippen LogP contribution < -0.4 is 5.73 Å². The number of carbonyl (C=O) groups is 1. The highest BCUT2D eigenvalue weighted by atomic mass is 16.5. The third kappa shape index (κ3) is 3.38. The van der Waals surface area contributed by atoms with Crippen LogP contribution in [0.4, 0.5) is 5.69 Å². The van der Waals surface area contributed by atoms with E-state index in [1.807, 2.05) is 36.6 Å². The normalized spacial score (nSPS) is 10.8. The summed E-state index contributed by atoms with van der Waals surface area (Å²) in [4.78, 5) is 16.2. The zero-order chi connectivity index (χ0) is 14.5. The van der Waals surface area contributed by atoms with Gasteiger partial charge in [-0.25, -0.2) is 4.79 Å². The average Bonchev–Trinajstić information content (AvgIpc) is 2.82. The molecular weight excluding hydrogens is 254 g/mol. The first-order valence-electron chi connectivity index (χ1n) is 6.62. The molecule has 2 rings (SSSR count). The lowest BCUT2D eigenvalue weighted by Gasteiger charge is -2.12. The van der Waals surface area contributed by atoms with E-state index >= 15 is 0 Å². The smallest absolute Gasteiger partial charge is 0.355 e. The van der Waals surface area contributed by atoms with Gasteiger partial charge in [0, 0.05) is 30.6 Å². The minimum atomic E-state index is -0.355. The van der Waals surface area contributed by atoms with Crippen LogP contribution in [0.5, 0.6) is 0 Å². The molecule has 0 spiro atoms. The van der Waals surface area contributed by atoms with Gasteiger partial charge in [-0.2, -0.15) is 0 Å². The van der Waals surface area contributed by atoms with Crippen LogP contribution in [0.15, 0.2) is 36.7 Å². The lowest BCUT2D eigenvalue weighted by atomic mass is 10.3. The summed E-state index contributed by atoms with van der Waals surface area (Å²) >= 11 is 0. The number of ether oxygens (including phenoxy) is 1. The Labute approximate surface area is 118 Å². The zero-order valence-electron chi connectivity index (χ0n) is 11.7. The summed E-state index contributed by atoms with van der Waals surface area (Å²) in [6.07, 6.45) is 4.08. The highest BCUT2D eigenvalue weighted by molar-refractivity contribution is 5.89. The Morgan fingerprint density at radius 3 is 2.90 bits per heavy atom. The van der Waals surface area contributed by atoms with Crippen molar-refractivity contribution in [2.75, 3.05) is 12.3 Å². The maximum absolute atomic E-state index is 12.1. The highest BCUT2D eigenvalue weighted by Crippen LogP contribution is 2.17. The number of carbonyl (C=O) groups excluding carboxylic acids is 1. The van der Waals surface area contributed by atoms with Gasteiger partial charge in [-0.1, -0.05) is 6.07 Å². The Balaban J connectivity index is 1.95. The predicted molar refractivity (Wildman–Crippen MR) is 77.5 cm³/mol. The fraction of sp³-hybridized carbons (Fsp3) is 0.333. The number of hydrogen-bond donors (Lipinski definition) is 1. The lowest BCUT2D eigenvalue weighted by Crippen LogP contribution is -2.14. The first kappa shape index (κ1) is 14.1. The van der Waals surface area contributed by atoms with Crippen LogP contribution in [-0.4, -0.2) is 22.1 Å². The molecule has 5 nitrogen and oxygen atoms in total. The lowest BCUT2D eigenvalue weighted by molar-refractivity contribution is 0.0494. The van der Waals surface area contributed by atoms with Crippen LogP contribution in [0, 0.1) is 0 Å². The third-order valence-corrected chi connectivity index (χ3v) is 2.95. The third-order valence-electron chi connectivity index (χ3n) is 2.95. The Morgan fingerprint density at radius 1 is 1.45 bits per heavy atom. The van der Waals surface area contributed by atoms with Crippen molar-refractivity contribution in [2.24, 2.45) is 0 Å². The predicted octanol–water partition coefficient (Wildman–Crippen LogP) is 2.45. The molecule has 0 radical (unpaired) electrons. The molecule has 0 fully saturated rings. The van der Waals surface area contributed by atoms with Crippen LogP contribution in [0.25, 0.3) is 0 Å². The SMILES string of the molecule is CC(C)n1cc(N)cc1C(=O)OCCc1ccccn1. The van der Waals surface area contributed by atoms with Crippen molar-refractivity contribution in [2.45, 2.75) is 26.3 Å². The zero-order valence-corrected chi connectivity index (χ0v) is 11.7. The number of rotatable bonds is 5. The number of nitrogens with two attached hydrogens (primary N) is 1. The van der Waals surface area contributed by atoms with E-state index in [4.69, 9.17) is 10.5 Å². The summed E-state index contributed by atoms with van der Waals surface area (Å²) < 4.78 is 7.10. The second-order valence-electron chi connectivity index (χ2n) is 4.87. The van der Waals surface area contributed by atoms with E-state index in [0.29, 0.717) is 24.4 Å². The number of anilines is 1. The Hall–Kier alpha value is -2.30. The molecule has 2 aromatic heterocycles. The molecule has 20 heavy (non-hydrogen) atoms. The molecule has 0 bridgehead atoms. The number of esters is 1. The molecule has 2 N–H and O–H groups in total. The number of pyridine rings is 1. The van der Waals surface area contributed by atoms with Crippen LogP contribution in [0.1, 0.15) is 36.1 Å². The quantitative estimate of drug-likeness (QED) is 0.849. The summed E-state index contributed by atoms with van der Waals surface area (Å²) in [5.74, 6) is -0.355. The molecule has 0 saturated carbocycles. The van der Waals surface area contributed by atoms with E-state index in [2.05, 4.69) is 4.98 Å². The maximum atomic E-state index is 12.1. The second kappa shape index (κ2) is 6.23. The summed E-state index contributed by atoms with van der Waals surface area (Å²) in [5, 5.41) is 0. The van der Waals surface area contributed by atoms with Crippen molar-refractivity contribution < 1.29 is 9.53 Å². The Bertz CT molecular complexity index is 576. The van der Waals surface area contributed by atoms with Gasteiger partial charge in [-0.3, -0.25) is 4.98 Å². The van der Waals surface area contributed by atoms with Crippen molar-refractivity contribution in [1.82, 2.24) is 9.55 Å².